The van der Waals surface area contributed by atoms with Crippen LogP contribution in [0.3, 0.4) is 0 Å². The molecule has 0 aliphatic rings. The van der Waals surface area contributed by atoms with E-state index in [0.717, 1.165) is 28.4 Å². The van der Waals surface area contributed by atoms with E-state index >= 15 is 0 Å². The first kappa shape index (κ1) is 20.5. The number of rotatable bonds is 7. The van der Waals surface area contributed by atoms with Crippen molar-refractivity contribution in [1.29, 1.82) is 0 Å². The van der Waals surface area contributed by atoms with Crippen molar-refractivity contribution in [2.75, 3.05) is 7.05 Å². The highest BCUT2D eigenvalue weighted by Gasteiger charge is 2.20. The number of amides is 1. The van der Waals surface area contributed by atoms with Gasteiger partial charge < -0.3 is 14.1 Å². The molecule has 0 atom stereocenters. The molecule has 0 saturated carbocycles. The summed E-state index contributed by atoms with van der Waals surface area (Å²) in [5.41, 5.74) is 3.94. The third-order valence-electron chi connectivity index (χ3n) is 5.18. The van der Waals surface area contributed by atoms with Crippen LogP contribution in [0.25, 0.3) is 5.69 Å². The van der Waals surface area contributed by atoms with Crippen molar-refractivity contribution in [1.82, 2.24) is 14.7 Å². The molecule has 0 unspecified atom stereocenters. The van der Waals surface area contributed by atoms with Gasteiger partial charge in [0.2, 0.25) is 0 Å². The van der Waals surface area contributed by atoms with Crippen LogP contribution >= 0.6 is 0 Å². The van der Waals surface area contributed by atoms with Crippen LogP contribution in [-0.4, -0.2) is 27.6 Å². The predicted octanol–water partition coefficient (Wildman–Crippen LogP) is 4.93. The number of furan rings is 1. The van der Waals surface area contributed by atoms with E-state index in [1.807, 2.05) is 79.2 Å². The van der Waals surface area contributed by atoms with E-state index in [1.54, 1.807) is 24.1 Å². The number of aromatic nitrogens is 2. The molecular formula is C25H25N3O3. The Morgan fingerprint density at radius 3 is 2.39 bits per heavy atom. The molecule has 0 saturated heterocycles. The predicted molar refractivity (Wildman–Crippen MR) is 118 cm³/mol. The summed E-state index contributed by atoms with van der Waals surface area (Å²) in [6.07, 6.45) is 0. The van der Waals surface area contributed by atoms with Gasteiger partial charge in [-0.2, -0.15) is 5.10 Å². The van der Waals surface area contributed by atoms with Gasteiger partial charge in [0.1, 0.15) is 18.1 Å². The zero-order valence-electron chi connectivity index (χ0n) is 17.9. The zero-order valence-corrected chi connectivity index (χ0v) is 17.9. The van der Waals surface area contributed by atoms with Crippen molar-refractivity contribution in [3.63, 3.8) is 0 Å². The van der Waals surface area contributed by atoms with Crippen molar-refractivity contribution in [3.8, 4) is 11.4 Å². The van der Waals surface area contributed by atoms with Crippen molar-refractivity contribution in [2.24, 2.45) is 0 Å². The first-order chi connectivity index (χ1) is 15.0. The minimum atomic E-state index is -0.183. The summed E-state index contributed by atoms with van der Waals surface area (Å²) in [4.78, 5) is 14.5. The van der Waals surface area contributed by atoms with Gasteiger partial charge in [0.25, 0.3) is 5.91 Å². The van der Waals surface area contributed by atoms with Crippen LogP contribution < -0.4 is 4.74 Å². The number of carbonyl (C=O) groups excluding carboxylic acids is 1. The molecule has 2 heterocycles. The number of ether oxygens (including phenoxy) is 1. The summed E-state index contributed by atoms with van der Waals surface area (Å²) in [5.74, 6) is 1.47. The number of hydrogen-bond acceptors (Lipinski definition) is 4. The number of para-hydroxylation sites is 2. The topological polar surface area (TPSA) is 60.5 Å². The molecular weight excluding hydrogens is 390 g/mol. The van der Waals surface area contributed by atoms with Gasteiger partial charge in [-0.1, -0.05) is 36.4 Å². The molecule has 0 N–H and O–H groups in total. The molecule has 2 aromatic carbocycles. The average Bonchev–Trinajstić information content (AvgIpc) is 3.38. The maximum Gasteiger partial charge on any atom is 0.289 e. The Morgan fingerprint density at radius 1 is 1.00 bits per heavy atom. The van der Waals surface area contributed by atoms with Crippen molar-refractivity contribution in [3.05, 3.63) is 101 Å². The molecule has 4 rings (SSSR count). The molecule has 6 nitrogen and oxygen atoms in total. The SMILES string of the molecule is Cc1nn(-c2ccccc2)c(C)c1CN(C)C(=O)c1ccc(COc2ccccc2)o1. The highest BCUT2D eigenvalue weighted by molar-refractivity contribution is 5.91. The van der Waals surface area contributed by atoms with Gasteiger partial charge in [0, 0.05) is 24.8 Å². The monoisotopic (exact) mass is 415 g/mol. The second kappa shape index (κ2) is 8.92. The lowest BCUT2D eigenvalue weighted by molar-refractivity contribution is 0.0749. The standard InChI is InChI=1S/C25H25N3O3/c1-18-23(19(2)28(26-18)20-10-6-4-7-11-20)16-27(3)25(29)24-15-14-22(31-24)17-30-21-12-8-5-9-13-21/h4-15H,16-17H2,1-3H3. The van der Waals surface area contributed by atoms with E-state index in [-0.39, 0.29) is 12.5 Å². The van der Waals surface area contributed by atoms with Gasteiger partial charge in [-0.05, 0) is 50.2 Å². The third-order valence-corrected chi connectivity index (χ3v) is 5.18. The number of carbonyl (C=O) groups is 1. The van der Waals surface area contributed by atoms with Gasteiger partial charge in [0.05, 0.1) is 11.4 Å². The van der Waals surface area contributed by atoms with E-state index in [0.29, 0.717) is 18.1 Å². The Kier molecular flexibility index (Phi) is 5.89. The molecule has 0 radical (unpaired) electrons. The largest absolute Gasteiger partial charge is 0.486 e. The normalized spacial score (nSPS) is 10.8. The second-order valence-corrected chi connectivity index (χ2v) is 7.43. The number of benzene rings is 2. The van der Waals surface area contributed by atoms with Crippen LogP contribution in [0.5, 0.6) is 5.75 Å². The van der Waals surface area contributed by atoms with Gasteiger partial charge in [0.15, 0.2) is 5.76 Å². The summed E-state index contributed by atoms with van der Waals surface area (Å²) in [6, 6.07) is 22.9. The average molecular weight is 415 g/mol. The molecule has 158 valence electrons. The maximum atomic E-state index is 12.9. The van der Waals surface area contributed by atoms with Gasteiger partial charge in [-0.3, -0.25) is 4.79 Å². The Balaban J connectivity index is 1.44. The summed E-state index contributed by atoms with van der Waals surface area (Å²) >= 11 is 0. The second-order valence-electron chi connectivity index (χ2n) is 7.43. The van der Waals surface area contributed by atoms with Crippen LogP contribution in [0.4, 0.5) is 0 Å². The molecule has 0 spiro atoms. The first-order valence-electron chi connectivity index (χ1n) is 10.2. The number of hydrogen-bond donors (Lipinski definition) is 0. The van der Waals surface area contributed by atoms with E-state index in [9.17, 15) is 4.79 Å². The summed E-state index contributed by atoms with van der Waals surface area (Å²) < 4.78 is 13.3. The molecule has 0 aliphatic heterocycles. The Bertz CT molecular complexity index is 1160. The summed E-state index contributed by atoms with van der Waals surface area (Å²) in [6.45, 7) is 4.70. The third kappa shape index (κ3) is 4.53. The lowest BCUT2D eigenvalue weighted by atomic mass is 10.2. The fourth-order valence-corrected chi connectivity index (χ4v) is 3.46. The van der Waals surface area contributed by atoms with E-state index in [4.69, 9.17) is 9.15 Å². The highest BCUT2D eigenvalue weighted by atomic mass is 16.5. The van der Waals surface area contributed by atoms with E-state index < -0.39 is 0 Å². The fraction of sp³-hybridized carbons (Fsp3) is 0.200. The lowest BCUT2D eigenvalue weighted by Crippen LogP contribution is -2.26. The maximum absolute atomic E-state index is 12.9. The minimum Gasteiger partial charge on any atom is -0.486 e. The molecule has 31 heavy (non-hydrogen) atoms. The molecule has 1 amide bonds. The van der Waals surface area contributed by atoms with E-state index in [1.165, 1.54) is 0 Å². The summed E-state index contributed by atoms with van der Waals surface area (Å²) in [5, 5.41) is 4.66. The fourth-order valence-electron chi connectivity index (χ4n) is 3.46. The molecule has 4 aromatic rings. The zero-order chi connectivity index (χ0) is 21.8. The van der Waals surface area contributed by atoms with Gasteiger partial charge >= 0.3 is 0 Å². The number of aryl methyl sites for hydroxylation is 1. The molecule has 0 aliphatic carbocycles. The van der Waals surface area contributed by atoms with Crippen LogP contribution in [0.1, 0.15) is 33.3 Å². The van der Waals surface area contributed by atoms with Crippen LogP contribution in [0.2, 0.25) is 0 Å². The lowest BCUT2D eigenvalue weighted by Gasteiger charge is -2.16. The number of nitrogens with zero attached hydrogens (tertiary/aromatic N) is 3. The van der Waals surface area contributed by atoms with Gasteiger partial charge in [-0.15, -0.1) is 0 Å². The van der Waals surface area contributed by atoms with Crippen LogP contribution in [-0.2, 0) is 13.2 Å². The Morgan fingerprint density at radius 2 is 1.68 bits per heavy atom. The minimum absolute atomic E-state index is 0.183. The Labute approximate surface area is 181 Å². The highest BCUT2D eigenvalue weighted by Crippen LogP contribution is 2.21. The van der Waals surface area contributed by atoms with E-state index in [2.05, 4.69) is 5.10 Å². The van der Waals surface area contributed by atoms with Crippen molar-refractivity contribution in [2.45, 2.75) is 27.0 Å². The molecule has 0 fully saturated rings. The smallest absolute Gasteiger partial charge is 0.289 e. The van der Waals surface area contributed by atoms with Crippen molar-refractivity contribution < 1.29 is 13.9 Å². The molecule has 0 bridgehead atoms. The molecule has 2 aromatic heterocycles. The summed E-state index contributed by atoms with van der Waals surface area (Å²) in [7, 11) is 1.77. The van der Waals surface area contributed by atoms with Gasteiger partial charge in [-0.25, -0.2) is 4.68 Å². The van der Waals surface area contributed by atoms with Crippen molar-refractivity contribution >= 4 is 5.91 Å². The molecule has 6 heteroatoms. The van der Waals surface area contributed by atoms with Crippen LogP contribution in [0.15, 0.2) is 77.2 Å². The Hall–Kier alpha value is -3.80. The first-order valence-corrected chi connectivity index (χ1v) is 10.2. The quantitative estimate of drug-likeness (QED) is 0.429. The van der Waals surface area contributed by atoms with Crippen LogP contribution in [0, 0.1) is 13.8 Å².